The summed E-state index contributed by atoms with van der Waals surface area (Å²) in [5, 5.41) is 12.7. The average Bonchev–Trinajstić information content (AvgIpc) is 2.68. The number of sulfone groups is 1. The van der Waals surface area contributed by atoms with Crippen molar-refractivity contribution in [2.75, 3.05) is 12.8 Å². The van der Waals surface area contributed by atoms with Crippen molar-refractivity contribution in [2.45, 2.75) is 44.1 Å². The molecule has 0 heterocycles. The molecule has 1 amide bonds. The molecule has 1 aliphatic rings. The Balaban J connectivity index is 2.71. The Morgan fingerprint density at radius 2 is 1.86 bits per heavy atom. The zero-order chi connectivity index (χ0) is 21.9. The van der Waals surface area contributed by atoms with Crippen LogP contribution in [-0.4, -0.2) is 49.9 Å². The van der Waals surface area contributed by atoms with Gasteiger partial charge in [0.1, 0.15) is 16.2 Å². The van der Waals surface area contributed by atoms with Crippen molar-refractivity contribution >= 4 is 44.7 Å². The second-order valence-corrected chi connectivity index (χ2v) is 9.08. The number of aliphatic hydroxyl groups excluding tert-OH is 1. The lowest BCUT2D eigenvalue weighted by atomic mass is 9.90. The molecule has 29 heavy (non-hydrogen) atoms. The van der Waals surface area contributed by atoms with Crippen LogP contribution in [0.5, 0.6) is 5.75 Å². The Morgan fingerprint density at radius 1 is 1.28 bits per heavy atom. The number of hydrogen-bond donors (Lipinski definition) is 2. The number of hydrogen-bond acceptors (Lipinski definition) is 7. The topological polar surface area (TPSA) is 127 Å². The highest BCUT2D eigenvalue weighted by Crippen LogP contribution is 2.40. The van der Waals surface area contributed by atoms with Crippen molar-refractivity contribution in [1.82, 2.24) is 5.32 Å². The fourth-order valence-electron chi connectivity index (χ4n) is 2.88. The molecule has 2 rings (SSSR count). The van der Waals surface area contributed by atoms with Crippen LogP contribution in [0.1, 0.15) is 38.7 Å². The van der Waals surface area contributed by atoms with Crippen LogP contribution in [0.4, 0.5) is 0 Å². The first-order valence-electron chi connectivity index (χ1n) is 8.98. The molecule has 1 fully saturated rings. The molecule has 8 nitrogen and oxygen atoms in total. The highest BCUT2D eigenvalue weighted by atomic mass is 35.5. The molecule has 0 aromatic heterocycles. The number of ketones is 2. The van der Waals surface area contributed by atoms with Crippen molar-refractivity contribution in [1.29, 1.82) is 0 Å². The van der Waals surface area contributed by atoms with Crippen molar-refractivity contribution in [3.63, 3.8) is 0 Å². The number of carbonyl (C=O) groups excluding carboxylic acids is 3. The normalized spacial score (nSPS) is 15.8. The van der Waals surface area contributed by atoms with Gasteiger partial charge in [0.15, 0.2) is 33.3 Å². The largest absolute Gasteiger partial charge is 0.506 e. The van der Waals surface area contributed by atoms with Crippen molar-refractivity contribution in [2.24, 2.45) is 0 Å². The summed E-state index contributed by atoms with van der Waals surface area (Å²) in [6, 6.07) is 2.38. The molecule has 1 aromatic carbocycles. The standard InChI is InChI=1S/C19H22ClNO7S/c1-4-29(26,27)14-9-8-11(16(20)18(14)28-10(2)19(25)21-3)17(24)15-12(22)6-5-7-13(15)23/h8-10,24H,4-7H2,1-3H3,(H,21,25). The van der Waals surface area contributed by atoms with Gasteiger partial charge < -0.3 is 15.2 Å². The zero-order valence-electron chi connectivity index (χ0n) is 16.2. The second-order valence-electron chi connectivity index (χ2n) is 6.46. The molecule has 1 unspecified atom stereocenters. The fraction of sp³-hybridized carbons (Fsp3) is 0.421. The molecule has 158 valence electrons. The van der Waals surface area contributed by atoms with E-state index >= 15 is 0 Å². The number of aliphatic hydroxyl groups is 1. The van der Waals surface area contributed by atoms with Crippen LogP contribution in [0.3, 0.4) is 0 Å². The number of nitrogens with one attached hydrogen (secondary N) is 1. The minimum absolute atomic E-state index is 0.113. The molecule has 1 aromatic rings. The predicted octanol–water partition coefficient (Wildman–Crippen LogP) is 2.24. The van der Waals surface area contributed by atoms with Crippen molar-refractivity contribution < 1.29 is 32.6 Å². The third-order valence-electron chi connectivity index (χ3n) is 4.54. The lowest BCUT2D eigenvalue weighted by Gasteiger charge is -2.20. The van der Waals surface area contributed by atoms with Gasteiger partial charge in [0.2, 0.25) is 0 Å². The van der Waals surface area contributed by atoms with E-state index in [1.165, 1.54) is 33.0 Å². The molecule has 0 bridgehead atoms. The summed E-state index contributed by atoms with van der Waals surface area (Å²) in [6.45, 7) is 2.83. The Bertz CT molecular complexity index is 980. The van der Waals surface area contributed by atoms with E-state index in [0.29, 0.717) is 6.42 Å². The van der Waals surface area contributed by atoms with Gasteiger partial charge in [0.25, 0.3) is 5.91 Å². The lowest BCUT2D eigenvalue weighted by molar-refractivity contribution is -0.127. The van der Waals surface area contributed by atoms with Gasteiger partial charge in [-0.05, 0) is 25.5 Å². The average molecular weight is 444 g/mol. The van der Waals surface area contributed by atoms with E-state index in [9.17, 15) is 27.9 Å². The number of allylic oxidation sites excluding steroid dienone is 1. The molecule has 1 atom stereocenters. The number of ether oxygens (including phenoxy) is 1. The van der Waals surface area contributed by atoms with E-state index in [1.807, 2.05) is 0 Å². The van der Waals surface area contributed by atoms with Crippen LogP contribution in [0.15, 0.2) is 22.6 Å². The van der Waals surface area contributed by atoms with Crippen molar-refractivity contribution in [3.05, 3.63) is 28.3 Å². The van der Waals surface area contributed by atoms with Gasteiger partial charge >= 0.3 is 0 Å². The van der Waals surface area contributed by atoms with Crippen LogP contribution in [0.2, 0.25) is 5.02 Å². The maximum atomic E-state index is 12.5. The van der Waals surface area contributed by atoms with Gasteiger partial charge in [0.05, 0.1) is 10.8 Å². The highest BCUT2D eigenvalue weighted by molar-refractivity contribution is 7.91. The molecule has 2 N–H and O–H groups in total. The number of rotatable bonds is 6. The first kappa shape index (κ1) is 22.9. The Hall–Kier alpha value is -2.39. The summed E-state index contributed by atoms with van der Waals surface area (Å²) < 4.78 is 30.4. The number of benzene rings is 1. The molecule has 0 saturated heterocycles. The first-order chi connectivity index (χ1) is 13.5. The van der Waals surface area contributed by atoms with Gasteiger partial charge in [-0.2, -0.15) is 0 Å². The van der Waals surface area contributed by atoms with Gasteiger partial charge in [0, 0.05) is 25.5 Å². The summed E-state index contributed by atoms with van der Waals surface area (Å²) in [4.78, 5) is 35.8. The van der Waals surface area contributed by atoms with E-state index in [-0.39, 0.29) is 45.4 Å². The first-order valence-corrected chi connectivity index (χ1v) is 11.0. The molecular formula is C19H22ClNO7S. The Morgan fingerprint density at radius 3 is 2.38 bits per heavy atom. The van der Waals surface area contributed by atoms with E-state index in [2.05, 4.69) is 5.32 Å². The minimum Gasteiger partial charge on any atom is -0.506 e. The molecular weight excluding hydrogens is 422 g/mol. The second kappa shape index (κ2) is 8.96. The summed E-state index contributed by atoms with van der Waals surface area (Å²) in [5.74, 6) is -2.76. The summed E-state index contributed by atoms with van der Waals surface area (Å²) in [7, 11) is -2.40. The van der Waals surface area contributed by atoms with Gasteiger partial charge in [-0.25, -0.2) is 8.42 Å². The summed E-state index contributed by atoms with van der Waals surface area (Å²) in [5.41, 5.74) is -0.492. The predicted molar refractivity (Wildman–Crippen MR) is 107 cm³/mol. The third-order valence-corrected chi connectivity index (χ3v) is 6.67. The fourth-order valence-corrected chi connectivity index (χ4v) is 4.25. The molecule has 0 spiro atoms. The monoisotopic (exact) mass is 443 g/mol. The Labute approximate surface area is 173 Å². The van der Waals surface area contributed by atoms with Crippen LogP contribution in [0, 0.1) is 0 Å². The number of amides is 1. The molecule has 1 aliphatic carbocycles. The van der Waals surface area contributed by atoms with Crippen LogP contribution in [-0.2, 0) is 24.2 Å². The SMILES string of the molecule is CCS(=O)(=O)c1ccc(C(O)=C2C(=O)CCCC2=O)c(Cl)c1OC(C)C(=O)NC. The van der Waals surface area contributed by atoms with Crippen molar-refractivity contribution in [3.8, 4) is 5.75 Å². The maximum absolute atomic E-state index is 12.5. The zero-order valence-corrected chi connectivity index (χ0v) is 17.8. The summed E-state index contributed by atoms with van der Waals surface area (Å²) in [6.07, 6.45) is -0.468. The van der Waals surface area contributed by atoms with E-state index < -0.39 is 39.2 Å². The number of likely N-dealkylation sites (N-methyl/N-ethyl adjacent to an activating group) is 1. The minimum atomic E-state index is -3.79. The molecule has 10 heteroatoms. The van der Waals surface area contributed by atoms with Gasteiger partial charge in [-0.3, -0.25) is 14.4 Å². The number of Topliss-reactive ketones (excluding diaryl/α,β-unsaturated/α-hetero) is 2. The van der Waals surface area contributed by atoms with Crippen LogP contribution >= 0.6 is 11.6 Å². The molecule has 0 aliphatic heterocycles. The number of carbonyl (C=O) groups is 3. The Kier molecular flexibility index (Phi) is 7.07. The van der Waals surface area contributed by atoms with Gasteiger partial charge in [-0.1, -0.05) is 18.5 Å². The quantitative estimate of drug-likeness (QED) is 0.392. The van der Waals surface area contributed by atoms with Gasteiger partial charge in [-0.15, -0.1) is 0 Å². The van der Waals surface area contributed by atoms with Crippen LogP contribution in [0.25, 0.3) is 5.76 Å². The van der Waals surface area contributed by atoms with E-state index in [4.69, 9.17) is 16.3 Å². The molecule has 1 saturated carbocycles. The van der Waals surface area contributed by atoms with E-state index in [1.54, 1.807) is 0 Å². The summed E-state index contributed by atoms with van der Waals surface area (Å²) >= 11 is 6.34. The number of halogens is 1. The maximum Gasteiger partial charge on any atom is 0.260 e. The third kappa shape index (κ3) is 4.62. The smallest absolute Gasteiger partial charge is 0.260 e. The van der Waals surface area contributed by atoms with Crippen LogP contribution < -0.4 is 10.1 Å². The molecule has 0 radical (unpaired) electrons. The van der Waals surface area contributed by atoms with E-state index in [0.717, 1.165) is 0 Å². The lowest BCUT2D eigenvalue weighted by Crippen LogP contribution is -2.34. The highest BCUT2D eigenvalue weighted by Gasteiger charge is 2.31.